The molecule has 0 spiro atoms. The number of aliphatic hydroxyl groups is 1. The second kappa shape index (κ2) is 6.34. The van der Waals surface area contributed by atoms with Gasteiger partial charge in [0, 0.05) is 16.9 Å². The monoisotopic (exact) mass is 352 g/mol. The van der Waals surface area contributed by atoms with Gasteiger partial charge in [-0.2, -0.15) is 0 Å². The molecule has 0 aliphatic heterocycles. The molecule has 2 unspecified atom stereocenters. The lowest BCUT2D eigenvalue weighted by molar-refractivity contribution is -0.117. The molecule has 2 atom stereocenters. The molecule has 0 heterocycles. The first-order valence-corrected chi connectivity index (χ1v) is 9.33. The highest BCUT2D eigenvalue weighted by atomic mass is 35.5. The van der Waals surface area contributed by atoms with Crippen molar-refractivity contribution in [3.63, 3.8) is 0 Å². The zero-order chi connectivity index (χ0) is 17.6. The smallest absolute Gasteiger partial charge is 0.169 e. The van der Waals surface area contributed by atoms with E-state index in [1.807, 2.05) is 24.3 Å². The molecule has 0 radical (unpaired) electrons. The summed E-state index contributed by atoms with van der Waals surface area (Å²) in [6, 6.07) is 13.9. The first-order chi connectivity index (χ1) is 12.1. The topological polar surface area (TPSA) is 37.3 Å². The van der Waals surface area contributed by atoms with Crippen molar-refractivity contribution in [3.8, 4) is 11.1 Å². The standard InChI is InChI=1S/C22H21ClO2/c1-2-13-3-4-15(14-7-9-18(23)10-8-14)12-19(13)20-21(24)16-5-6-17(11-16)22(20)25/h3-4,7-10,12,16-17,24H,2,5-6,11H2,1H3. The second-order valence-corrected chi connectivity index (χ2v) is 7.50. The molecular weight excluding hydrogens is 332 g/mol. The maximum Gasteiger partial charge on any atom is 0.169 e. The van der Waals surface area contributed by atoms with Crippen molar-refractivity contribution < 1.29 is 9.90 Å². The van der Waals surface area contributed by atoms with Crippen LogP contribution < -0.4 is 0 Å². The van der Waals surface area contributed by atoms with Gasteiger partial charge in [-0.05, 0) is 66.1 Å². The third-order valence-corrected chi connectivity index (χ3v) is 5.88. The van der Waals surface area contributed by atoms with Crippen molar-refractivity contribution in [2.75, 3.05) is 0 Å². The van der Waals surface area contributed by atoms with Crippen LogP contribution in [0.5, 0.6) is 0 Å². The number of rotatable bonds is 3. The number of fused-ring (bicyclic) bond motifs is 2. The van der Waals surface area contributed by atoms with Gasteiger partial charge in [-0.15, -0.1) is 0 Å². The van der Waals surface area contributed by atoms with Gasteiger partial charge < -0.3 is 5.11 Å². The Bertz CT molecular complexity index is 864. The second-order valence-electron chi connectivity index (χ2n) is 7.06. The van der Waals surface area contributed by atoms with E-state index in [0.717, 1.165) is 47.9 Å². The summed E-state index contributed by atoms with van der Waals surface area (Å²) in [6.07, 6.45) is 3.46. The molecule has 1 N–H and O–H groups in total. The third-order valence-electron chi connectivity index (χ3n) is 5.63. The van der Waals surface area contributed by atoms with Crippen molar-refractivity contribution in [2.24, 2.45) is 11.8 Å². The summed E-state index contributed by atoms with van der Waals surface area (Å²) in [4.78, 5) is 12.9. The molecule has 128 valence electrons. The van der Waals surface area contributed by atoms with Crippen molar-refractivity contribution in [3.05, 3.63) is 64.4 Å². The molecule has 0 aromatic heterocycles. The largest absolute Gasteiger partial charge is 0.511 e. The number of aryl methyl sites for hydroxylation is 1. The van der Waals surface area contributed by atoms with Crippen LogP contribution in [0.15, 0.2) is 48.2 Å². The molecule has 2 aromatic rings. The van der Waals surface area contributed by atoms with E-state index in [9.17, 15) is 9.90 Å². The summed E-state index contributed by atoms with van der Waals surface area (Å²) in [7, 11) is 0. The molecule has 0 saturated heterocycles. The predicted octanol–water partition coefficient (Wildman–Crippen LogP) is 5.84. The summed E-state index contributed by atoms with van der Waals surface area (Å²) < 4.78 is 0. The van der Waals surface area contributed by atoms with Gasteiger partial charge in [-0.25, -0.2) is 0 Å². The fourth-order valence-electron chi connectivity index (χ4n) is 4.21. The summed E-state index contributed by atoms with van der Waals surface area (Å²) in [6.45, 7) is 2.08. The van der Waals surface area contributed by atoms with Crippen molar-refractivity contribution >= 4 is 23.0 Å². The number of hydrogen-bond donors (Lipinski definition) is 1. The molecule has 2 aliphatic rings. The minimum atomic E-state index is 0.0831. The van der Waals surface area contributed by atoms with Crippen LogP contribution in [0.25, 0.3) is 16.7 Å². The molecule has 3 heteroatoms. The fraction of sp³-hybridized carbons (Fsp3) is 0.318. The van der Waals surface area contributed by atoms with E-state index in [1.165, 1.54) is 0 Å². The number of allylic oxidation sites excluding steroid dienone is 2. The minimum absolute atomic E-state index is 0.0831. The lowest BCUT2D eigenvalue weighted by Crippen LogP contribution is -2.22. The van der Waals surface area contributed by atoms with Crippen LogP contribution in [-0.2, 0) is 11.2 Å². The van der Waals surface area contributed by atoms with E-state index >= 15 is 0 Å². The van der Waals surface area contributed by atoms with E-state index in [-0.39, 0.29) is 17.6 Å². The van der Waals surface area contributed by atoms with Crippen LogP contribution >= 0.6 is 11.6 Å². The Hall–Kier alpha value is -2.06. The van der Waals surface area contributed by atoms with E-state index in [1.54, 1.807) is 0 Å². The lowest BCUT2D eigenvalue weighted by Gasteiger charge is -2.23. The highest BCUT2D eigenvalue weighted by molar-refractivity contribution is 6.30. The zero-order valence-corrected chi connectivity index (χ0v) is 15.0. The first kappa shape index (κ1) is 16.4. The number of ketones is 1. The van der Waals surface area contributed by atoms with Crippen LogP contribution in [0.4, 0.5) is 0 Å². The quantitative estimate of drug-likeness (QED) is 0.753. The van der Waals surface area contributed by atoms with Gasteiger partial charge in [0.1, 0.15) is 5.76 Å². The number of halogens is 1. The lowest BCUT2D eigenvalue weighted by atomic mass is 9.81. The maximum atomic E-state index is 12.9. The van der Waals surface area contributed by atoms with Gasteiger partial charge in [0.25, 0.3) is 0 Å². The Morgan fingerprint density at radius 1 is 1.04 bits per heavy atom. The molecule has 0 amide bonds. The molecule has 1 saturated carbocycles. The average molecular weight is 353 g/mol. The minimum Gasteiger partial charge on any atom is -0.511 e. The van der Waals surface area contributed by atoms with E-state index in [0.29, 0.717) is 16.4 Å². The summed E-state index contributed by atoms with van der Waals surface area (Å²) in [5, 5.41) is 11.4. The number of benzene rings is 2. The van der Waals surface area contributed by atoms with Gasteiger partial charge >= 0.3 is 0 Å². The third kappa shape index (κ3) is 2.79. The molecule has 1 fully saturated rings. The van der Waals surface area contributed by atoms with E-state index in [2.05, 4.69) is 25.1 Å². The number of hydrogen-bond acceptors (Lipinski definition) is 2. The molecular formula is C22H21ClO2. The fourth-order valence-corrected chi connectivity index (χ4v) is 4.34. The number of aliphatic hydroxyl groups excluding tert-OH is 1. The summed E-state index contributed by atoms with van der Waals surface area (Å²) >= 11 is 5.99. The predicted molar refractivity (Wildman–Crippen MR) is 102 cm³/mol. The Morgan fingerprint density at radius 3 is 2.44 bits per heavy atom. The zero-order valence-electron chi connectivity index (χ0n) is 14.3. The summed E-state index contributed by atoms with van der Waals surface area (Å²) in [5.41, 5.74) is 4.66. The summed E-state index contributed by atoms with van der Waals surface area (Å²) in [5.74, 6) is 0.664. The van der Waals surface area contributed by atoms with Crippen LogP contribution in [0.1, 0.15) is 37.3 Å². The van der Waals surface area contributed by atoms with Crippen LogP contribution in [0.2, 0.25) is 5.02 Å². The molecule has 4 rings (SSSR count). The van der Waals surface area contributed by atoms with Gasteiger partial charge in [-0.3, -0.25) is 4.79 Å². The van der Waals surface area contributed by atoms with Crippen molar-refractivity contribution in [1.29, 1.82) is 0 Å². The Labute approximate surface area is 153 Å². The Morgan fingerprint density at radius 2 is 1.72 bits per heavy atom. The van der Waals surface area contributed by atoms with Crippen LogP contribution in [0.3, 0.4) is 0 Å². The van der Waals surface area contributed by atoms with Crippen molar-refractivity contribution in [1.82, 2.24) is 0 Å². The van der Waals surface area contributed by atoms with E-state index < -0.39 is 0 Å². The van der Waals surface area contributed by atoms with Crippen LogP contribution in [-0.4, -0.2) is 10.9 Å². The van der Waals surface area contributed by atoms with Gasteiger partial charge in [0.2, 0.25) is 0 Å². The SMILES string of the molecule is CCc1ccc(-c2ccc(Cl)cc2)cc1C1=C(O)C2CCC(C2)C1=O. The highest BCUT2D eigenvalue weighted by Gasteiger charge is 2.41. The van der Waals surface area contributed by atoms with Crippen LogP contribution in [0, 0.1) is 11.8 Å². The average Bonchev–Trinajstić information content (AvgIpc) is 3.08. The Balaban J connectivity index is 1.86. The molecule has 2 bridgehead atoms. The molecule has 2 aliphatic carbocycles. The number of carbonyl (C=O) groups excluding carboxylic acids is 1. The number of Topliss-reactive ketones (excluding diaryl/α,β-unsaturated/α-hetero) is 1. The first-order valence-electron chi connectivity index (χ1n) is 8.95. The molecule has 2 nitrogen and oxygen atoms in total. The van der Waals surface area contributed by atoms with Gasteiger partial charge in [0.05, 0.1) is 5.57 Å². The normalized spacial score (nSPS) is 22.6. The van der Waals surface area contributed by atoms with Crippen molar-refractivity contribution in [2.45, 2.75) is 32.6 Å². The number of carbonyl (C=O) groups is 1. The molecule has 25 heavy (non-hydrogen) atoms. The molecule has 2 aromatic carbocycles. The van der Waals surface area contributed by atoms with Gasteiger partial charge in [0.15, 0.2) is 5.78 Å². The van der Waals surface area contributed by atoms with Gasteiger partial charge in [-0.1, -0.05) is 42.8 Å². The highest BCUT2D eigenvalue weighted by Crippen LogP contribution is 2.46. The maximum absolute atomic E-state index is 12.9. The van der Waals surface area contributed by atoms with E-state index in [4.69, 9.17) is 11.6 Å². The Kier molecular flexibility index (Phi) is 4.16.